The molecule has 0 unspecified atom stereocenters. The van der Waals surface area contributed by atoms with Gasteiger partial charge in [-0.2, -0.15) is 0 Å². The van der Waals surface area contributed by atoms with Gasteiger partial charge in [0.25, 0.3) is 5.91 Å². The van der Waals surface area contributed by atoms with Gasteiger partial charge in [-0.15, -0.1) is 0 Å². The predicted octanol–water partition coefficient (Wildman–Crippen LogP) is 2.08. The number of aliphatic hydroxyl groups is 1. The van der Waals surface area contributed by atoms with Crippen LogP contribution in [0.2, 0.25) is 0 Å². The minimum atomic E-state index is -0.920. The van der Waals surface area contributed by atoms with Crippen LogP contribution < -0.4 is 9.47 Å². The largest absolute Gasteiger partial charge is 0.490 e. The molecule has 0 fully saturated rings. The maximum absolute atomic E-state index is 12.5. The van der Waals surface area contributed by atoms with E-state index in [1.165, 1.54) is 0 Å². The zero-order valence-electron chi connectivity index (χ0n) is 12.9. The highest BCUT2D eigenvalue weighted by molar-refractivity contribution is 5.95. The first-order chi connectivity index (χ1) is 9.90. The van der Waals surface area contributed by atoms with Crippen molar-refractivity contribution in [3.63, 3.8) is 0 Å². The third-order valence-electron chi connectivity index (χ3n) is 3.24. The van der Waals surface area contributed by atoms with Gasteiger partial charge in [-0.1, -0.05) is 0 Å². The van der Waals surface area contributed by atoms with E-state index in [-0.39, 0.29) is 12.5 Å². The van der Waals surface area contributed by atoms with E-state index < -0.39 is 5.60 Å². The first-order valence-electron chi connectivity index (χ1n) is 7.32. The molecular formula is C16H23NO4. The fourth-order valence-corrected chi connectivity index (χ4v) is 2.27. The Hall–Kier alpha value is -1.75. The number of hydrogen-bond donors (Lipinski definition) is 1. The van der Waals surface area contributed by atoms with E-state index in [2.05, 4.69) is 0 Å². The SMILES string of the molecule is CCN(CC(C)(C)O)C(=O)c1ccc2c(c1)OCCCO2. The number of carbonyl (C=O) groups excluding carboxylic acids is 1. The molecule has 21 heavy (non-hydrogen) atoms. The highest BCUT2D eigenvalue weighted by Crippen LogP contribution is 2.30. The number of benzene rings is 1. The van der Waals surface area contributed by atoms with Crippen LogP contribution in [0.15, 0.2) is 18.2 Å². The Balaban J connectivity index is 2.20. The van der Waals surface area contributed by atoms with E-state index in [0.717, 1.165) is 6.42 Å². The monoisotopic (exact) mass is 293 g/mol. The van der Waals surface area contributed by atoms with Gasteiger partial charge >= 0.3 is 0 Å². The standard InChI is InChI=1S/C16H23NO4/c1-4-17(11-16(2,3)19)15(18)12-6-7-13-14(10-12)21-9-5-8-20-13/h6-7,10,19H,4-5,8-9,11H2,1-3H3. The number of nitrogens with zero attached hydrogens (tertiary/aromatic N) is 1. The molecule has 0 aromatic heterocycles. The molecular weight excluding hydrogens is 270 g/mol. The fourth-order valence-electron chi connectivity index (χ4n) is 2.27. The molecule has 0 spiro atoms. The van der Waals surface area contributed by atoms with Gasteiger partial charge in [0.05, 0.1) is 18.8 Å². The predicted molar refractivity (Wildman–Crippen MR) is 79.9 cm³/mol. The number of likely N-dealkylation sites (N-methyl/N-ethyl adjacent to an activating group) is 1. The van der Waals surface area contributed by atoms with Gasteiger partial charge in [-0.25, -0.2) is 0 Å². The fraction of sp³-hybridized carbons (Fsp3) is 0.562. The summed E-state index contributed by atoms with van der Waals surface area (Å²) in [6.45, 7) is 7.32. The number of ether oxygens (including phenoxy) is 2. The summed E-state index contributed by atoms with van der Waals surface area (Å²) in [4.78, 5) is 14.2. The number of hydrogen-bond acceptors (Lipinski definition) is 4. The van der Waals surface area contributed by atoms with Crippen LogP contribution in [0.1, 0.15) is 37.6 Å². The summed E-state index contributed by atoms with van der Waals surface area (Å²) in [5.74, 6) is 1.17. The average molecular weight is 293 g/mol. The summed E-state index contributed by atoms with van der Waals surface area (Å²) in [5, 5.41) is 9.91. The number of fused-ring (bicyclic) bond motifs is 1. The van der Waals surface area contributed by atoms with Gasteiger partial charge in [0.15, 0.2) is 11.5 Å². The minimum absolute atomic E-state index is 0.115. The Morgan fingerprint density at radius 1 is 1.29 bits per heavy atom. The molecule has 1 aliphatic heterocycles. The number of amides is 1. The van der Waals surface area contributed by atoms with Crippen molar-refractivity contribution >= 4 is 5.91 Å². The van der Waals surface area contributed by atoms with Gasteiger partial charge in [0.2, 0.25) is 0 Å². The highest BCUT2D eigenvalue weighted by atomic mass is 16.5. The van der Waals surface area contributed by atoms with Crippen molar-refractivity contribution in [2.75, 3.05) is 26.3 Å². The van der Waals surface area contributed by atoms with Crippen molar-refractivity contribution in [1.29, 1.82) is 0 Å². The van der Waals surface area contributed by atoms with Crippen molar-refractivity contribution in [3.05, 3.63) is 23.8 Å². The van der Waals surface area contributed by atoms with E-state index in [0.29, 0.717) is 36.8 Å². The maximum atomic E-state index is 12.5. The molecule has 0 atom stereocenters. The highest BCUT2D eigenvalue weighted by Gasteiger charge is 2.23. The third-order valence-corrected chi connectivity index (χ3v) is 3.24. The van der Waals surface area contributed by atoms with Crippen LogP contribution in [-0.4, -0.2) is 47.8 Å². The van der Waals surface area contributed by atoms with Crippen LogP contribution in [0.5, 0.6) is 11.5 Å². The Morgan fingerprint density at radius 2 is 1.95 bits per heavy atom. The summed E-state index contributed by atoms with van der Waals surface area (Å²) in [5.41, 5.74) is -0.373. The Bertz CT molecular complexity index is 507. The maximum Gasteiger partial charge on any atom is 0.254 e. The lowest BCUT2D eigenvalue weighted by Gasteiger charge is -2.28. The normalized spacial score (nSPS) is 14.5. The first-order valence-corrected chi connectivity index (χ1v) is 7.32. The molecule has 1 aromatic rings. The van der Waals surface area contributed by atoms with Crippen LogP contribution in [0.25, 0.3) is 0 Å². The van der Waals surface area contributed by atoms with Crippen molar-refractivity contribution < 1.29 is 19.4 Å². The lowest BCUT2D eigenvalue weighted by atomic mass is 10.1. The summed E-state index contributed by atoms with van der Waals surface area (Å²) >= 11 is 0. The second-order valence-electron chi connectivity index (χ2n) is 5.84. The van der Waals surface area contributed by atoms with Crippen LogP contribution in [0.3, 0.4) is 0 Å². The Kier molecular flexibility index (Phi) is 4.73. The van der Waals surface area contributed by atoms with E-state index >= 15 is 0 Å². The second-order valence-corrected chi connectivity index (χ2v) is 5.84. The van der Waals surface area contributed by atoms with Crippen molar-refractivity contribution in [3.8, 4) is 11.5 Å². The molecule has 1 amide bonds. The molecule has 0 bridgehead atoms. The lowest BCUT2D eigenvalue weighted by Crippen LogP contribution is -2.42. The molecule has 5 heteroatoms. The Labute approximate surface area is 125 Å². The molecule has 2 rings (SSSR count). The summed E-state index contributed by atoms with van der Waals surface area (Å²) in [7, 11) is 0. The van der Waals surface area contributed by atoms with E-state index in [9.17, 15) is 9.90 Å². The van der Waals surface area contributed by atoms with Crippen molar-refractivity contribution in [2.24, 2.45) is 0 Å². The van der Waals surface area contributed by atoms with Crippen LogP contribution >= 0.6 is 0 Å². The quantitative estimate of drug-likeness (QED) is 0.923. The van der Waals surface area contributed by atoms with Gasteiger partial charge in [-0.05, 0) is 39.0 Å². The molecule has 1 N–H and O–H groups in total. The molecule has 5 nitrogen and oxygen atoms in total. The zero-order chi connectivity index (χ0) is 15.5. The lowest BCUT2D eigenvalue weighted by molar-refractivity contribution is 0.0314. The van der Waals surface area contributed by atoms with Gasteiger partial charge < -0.3 is 19.5 Å². The molecule has 0 saturated carbocycles. The smallest absolute Gasteiger partial charge is 0.254 e. The summed E-state index contributed by atoms with van der Waals surface area (Å²) < 4.78 is 11.2. The van der Waals surface area contributed by atoms with E-state index in [1.54, 1.807) is 36.9 Å². The summed E-state index contributed by atoms with van der Waals surface area (Å²) in [6.07, 6.45) is 0.831. The first kappa shape index (κ1) is 15.6. The van der Waals surface area contributed by atoms with Gasteiger partial charge in [0, 0.05) is 25.1 Å². The second kappa shape index (κ2) is 6.35. The molecule has 116 valence electrons. The molecule has 0 aliphatic carbocycles. The molecule has 1 aliphatic rings. The third kappa shape index (κ3) is 4.11. The van der Waals surface area contributed by atoms with Crippen LogP contribution in [0.4, 0.5) is 0 Å². The van der Waals surface area contributed by atoms with Crippen LogP contribution in [0, 0.1) is 0 Å². The average Bonchev–Trinajstić information content (AvgIpc) is 2.67. The molecule has 1 heterocycles. The zero-order valence-corrected chi connectivity index (χ0v) is 12.9. The summed E-state index contributed by atoms with van der Waals surface area (Å²) in [6, 6.07) is 5.23. The number of rotatable bonds is 4. The Morgan fingerprint density at radius 3 is 2.57 bits per heavy atom. The van der Waals surface area contributed by atoms with E-state index in [1.807, 2.05) is 6.92 Å². The molecule has 0 radical (unpaired) electrons. The van der Waals surface area contributed by atoms with Gasteiger partial charge in [-0.3, -0.25) is 4.79 Å². The van der Waals surface area contributed by atoms with Crippen molar-refractivity contribution in [2.45, 2.75) is 32.8 Å². The minimum Gasteiger partial charge on any atom is -0.490 e. The van der Waals surface area contributed by atoms with E-state index in [4.69, 9.17) is 9.47 Å². The topological polar surface area (TPSA) is 59.0 Å². The molecule has 0 saturated heterocycles. The van der Waals surface area contributed by atoms with Crippen molar-refractivity contribution in [1.82, 2.24) is 4.90 Å². The van der Waals surface area contributed by atoms with Gasteiger partial charge in [0.1, 0.15) is 0 Å². The molecule has 1 aromatic carbocycles. The van der Waals surface area contributed by atoms with Crippen LogP contribution in [-0.2, 0) is 0 Å². The number of carbonyl (C=O) groups is 1.